The normalized spacial score (nSPS) is 16.6. The molecule has 3 nitrogen and oxygen atoms in total. The Morgan fingerprint density at radius 2 is 1.89 bits per heavy atom. The first-order chi connectivity index (χ1) is 9.24. The van der Waals surface area contributed by atoms with Gasteiger partial charge in [-0.05, 0) is 42.5 Å². The highest BCUT2D eigenvalue weighted by atomic mass is 16.5. The maximum Gasteiger partial charge on any atom is 0.328 e. The molecular weight excluding hydrogens is 240 g/mol. The lowest BCUT2D eigenvalue weighted by Crippen LogP contribution is -2.15. The summed E-state index contributed by atoms with van der Waals surface area (Å²) in [6, 6.07) is 7.53. The van der Waals surface area contributed by atoms with E-state index in [1.807, 2.05) is 24.3 Å². The van der Waals surface area contributed by atoms with Crippen LogP contribution in [0.15, 0.2) is 30.3 Å². The summed E-state index contributed by atoms with van der Waals surface area (Å²) in [5, 5.41) is 8.55. The van der Waals surface area contributed by atoms with Gasteiger partial charge in [0.25, 0.3) is 0 Å². The highest BCUT2D eigenvalue weighted by Gasteiger charge is 2.13. The van der Waals surface area contributed by atoms with Crippen LogP contribution in [0.2, 0.25) is 0 Å². The van der Waals surface area contributed by atoms with Crippen molar-refractivity contribution in [1.82, 2.24) is 0 Å². The molecule has 1 fully saturated rings. The summed E-state index contributed by atoms with van der Waals surface area (Å²) in [5.41, 5.74) is 0.868. The summed E-state index contributed by atoms with van der Waals surface area (Å²) >= 11 is 0. The van der Waals surface area contributed by atoms with Gasteiger partial charge in [-0.1, -0.05) is 31.4 Å². The Labute approximate surface area is 113 Å². The predicted molar refractivity (Wildman–Crippen MR) is 75.2 cm³/mol. The molecule has 102 valence electrons. The van der Waals surface area contributed by atoms with E-state index < -0.39 is 5.97 Å². The van der Waals surface area contributed by atoms with E-state index >= 15 is 0 Å². The Bertz CT molecular complexity index is 428. The number of carboxylic acids is 1. The second-order valence-corrected chi connectivity index (χ2v) is 5.06. The van der Waals surface area contributed by atoms with Crippen LogP contribution in [0.25, 0.3) is 6.08 Å². The van der Waals surface area contributed by atoms with Crippen LogP contribution in [0.4, 0.5) is 0 Å². The number of hydrogen-bond donors (Lipinski definition) is 1. The summed E-state index contributed by atoms with van der Waals surface area (Å²) in [6.07, 6.45) is 9.28. The Hall–Kier alpha value is -1.77. The molecule has 0 aromatic heterocycles. The third kappa shape index (κ3) is 4.78. The van der Waals surface area contributed by atoms with Gasteiger partial charge in [-0.15, -0.1) is 0 Å². The van der Waals surface area contributed by atoms with E-state index in [2.05, 4.69) is 0 Å². The number of carboxylic acid groups (broad SMARTS) is 1. The van der Waals surface area contributed by atoms with Crippen LogP contribution < -0.4 is 4.74 Å². The van der Waals surface area contributed by atoms with Gasteiger partial charge in [-0.3, -0.25) is 0 Å². The molecule has 0 radical (unpaired) electrons. The molecule has 0 heterocycles. The first-order valence-electron chi connectivity index (χ1n) is 6.88. The van der Waals surface area contributed by atoms with Crippen LogP contribution in [-0.4, -0.2) is 17.7 Å². The van der Waals surface area contributed by atoms with E-state index in [4.69, 9.17) is 9.84 Å². The standard InChI is InChI=1S/C16H20O3/c17-16(18)11-8-13-6-9-15(10-7-13)19-12-14-4-2-1-3-5-14/h6-11,14H,1-5,12H2,(H,17,18)/b11-8+. The van der Waals surface area contributed by atoms with Gasteiger partial charge in [0, 0.05) is 6.08 Å². The lowest BCUT2D eigenvalue weighted by molar-refractivity contribution is -0.131. The molecule has 0 aliphatic heterocycles. The number of ether oxygens (including phenoxy) is 1. The summed E-state index contributed by atoms with van der Waals surface area (Å²) < 4.78 is 5.79. The molecule has 2 rings (SSSR count). The molecule has 0 spiro atoms. The van der Waals surface area contributed by atoms with Crippen molar-refractivity contribution in [3.05, 3.63) is 35.9 Å². The number of hydrogen-bond acceptors (Lipinski definition) is 2. The number of aliphatic carboxylic acids is 1. The van der Waals surface area contributed by atoms with E-state index in [0.717, 1.165) is 24.0 Å². The topological polar surface area (TPSA) is 46.5 Å². The first kappa shape index (κ1) is 13.7. The molecule has 1 N–H and O–H groups in total. The molecule has 0 saturated heterocycles. The highest BCUT2D eigenvalue weighted by Crippen LogP contribution is 2.24. The molecule has 3 heteroatoms. The minimum atomic E-state index is -0.933. The van der Waals surface area contributed by atoms with E-state index in [0.29, 0.717) is 5.92 Å². The lowest BCUT2D eigenvalue weighted by atomic mass is 9.90. The summed E-state index contributed by atoms with van der Waals surface area (Å²) in [7, 11) is 0. The van der Waals surface area contributed by atoms with Crippen LogP contribution in [0.3, 0.4) is 0 Å². The van der Waals surface area contributed by atoms with Crippen molar-refractivity contribution in [2.75, 3.05) is 6.61 Å². The molecule has 1 aliphatic rings. The highest BCUT2D eigenvalue weighted by molar-refractivity contribution is 5.85. The number of carbonyl (C=O) groups is 1. The third-order valence-electron chi connectivity index (χ3n) is 3.51. The van der Waals surface area contributed by atoms with Gasteiger partial charge in [0.1, 0.15) is 5.75 Å². The van der Waals surface area contributed by atoms with Crippen molar-refractivity contribution in [3.8, 4) is 5.75 Å². The number of rotatable bonds is 5. The minimum absolute atomic E-state index is 0.695. The summed E-state index contributed by atoms with van der Waals surface area (Å²) in [6.45, 7) is 0.796. The third-order valence-corrected chi connectivity index (χ3v) is 3.51. The molecule has 0 unspecified atom stereocenters. The Kier molecular flexibility index (Phi) is 5.01. The molecule has 19 heavy (non-hydrogen) atoms. The van der Waals surface area contributed by atoms with Gasteiger partial charge in [-0.25, -0.2) is 4.79 Å². The Morgan fingerprint density at radius 1 is 1.21 bits per heavy atom. The van der Waals surface area contributed by atoms with Crippen LogP contribution in [0.5, 0.6) is 5.75 Å². The van der Waals surface area contributed by atoms with E-state index in [1.165, 1.54) is 32.1 Å². The Morgan fingerprint density at radius 3 is 2.53 bits per heavy atom. The maximum absolute atomic E-state index is 10.4. The fraction of sp³-hybridized carbons (Fsp3) is 0.438. The van der Waals surface area contributed by atoms with E-state index in [1.54, 1.807) is 6.08 Å². The second kappa shape index (κ2) is 6.98. The van der Waals surface area contributed by atoms with Gasteiger partial charge in [-0.2, -0.15) is 0 Å². The van der Waals surface area contributed by atoms with Crippen LogP contribution in [-0.2, 0) is 4.79 Å². The summed E-state index contributed by atoms with van der Waals surface area (Å²) in [5.74, 6) is 0.621. The minimum Gasteiger partial charge on any atom is -0.493 e. The van der Waals surface area contributed by atoms with Gasteiger partial charge >= 0.3 is 5.97 Å². The van der Waals surface area contributed by atoms with Crippen LogP contribution in [0.1, 0.15) is 37.7 Å². The smallest absolute Gasteiger partial charge is 0.328 e. The zero-order valence-electron chi connectivity index (χ0n) is 11.0. The maximum atomic E-state index is 10.4. The van der Waals surface area contributed by atoms with Gasteiger partial charge in [0.15, 0.2) is 0 Å². The molecule has 0 bridgehead atoms. The van der Waals surface area contributed by atoms with Crippen molar-refractivity contribution in [2.24, 2.45) is 5.92 Å². The fourth-order valence-corrected chi connectivity index (χ4v) is 2.41. The van der Waals surface area contributed by atoms with Gasteiger partial charge in [0.2, 0.25) is 0 Å². The molecule has 1 aliphatic carbocycles. The zero-order chi connectivity index (χ0) is 13.5. The van der Waals surface area contributed by atoms with Crippen molar-refractivity contribution in [3.63, 3.8) is 0 Å². The average molecular weight is 260 g/mol. The molecule has 0 atom stereocenters. The van der Waals surface area contributed by atoms with E-state index in [9.17, 15) is 4.79 Å². The van der Waals surface area contributed by atoms with Gasteiger partial charge < -0.3 is 9.84 Å². The zero-order valence-corrected chi connectivity index (χ0v) is 11.0. The molecular formula is C16H20O3. The van der Waals surface area contributed by atoms with Gasteiger partial charge in [0.05, 0.1) is 6.61 Å². The Balaban J connectivity index is 1.82. The van der Waals surface area contributed by atoms with Crippen molar-refractivity contribution in [2.45, 2.75) is 32.1 Å². The molecule has 1 aromatic rings. The quantitative estimate of drug-likeness (QED) is 0.820. The average Bonchev–Trinajstić information content (AvgIpc) is 2.45. The number of benzene rings is 1. The first-order valence-corrected chi connectivity index (χ1v) is 6.88. The van der Waals surface area contributed by atoms with Crippen molar-refractivity contribution in [1.29, 1.82) is 0 Å². The van der Waals surface area contributed by atoms with E-state index in [-0.39, 0.29) is 0 Å². The molecule has 0 amide bonds. The lowest BCUT2D eigenvalue weighted by Gasteiger charge is -2.21. The van der Waals surface area contributed by atoms with Crippen molar-refractivity contribution >= 4 is 12.0 Å². The second-order valence-electron chi connectivity index (χ2n) is 5.06. The van der Waals surface area contributed by atoms with Crippen molar-refractivity contribution < 1.29 is 14.6 Å². The SMILES string of the molecule is O=C(O)/C=C/c1ccc(OCC2CCCCC2)cc1. The largest absolute Gasteiger partial charge is 0.493 e. The summed E-state index contributed by atoms with van der Waals surface area (Å²) in [4.78, 5) is 10.4. The fourth-order valence-electron chi connectivity index (χ4n) is 2.41. The van der Waals surface area contributed by atoms with Crippen LogP contribution >= 0.6 is 0 Å². The monoisotopic (exact) mass is 260 g/mol. The molecule has 1 saturated carbocycles. The molecule has 1 aromatic carbocycles. The van der Waals surface area contributed by atoms with Crippen LogP contribution in [0, 0.1) is 5.92 Å². The predicted octanol–water partition coefficient (Wildman–Crippen LogP) is 3.74.